The monoisotopic (exact) mass is 303 g/mol. The Balaban J connectivity index is 1.95. The fourth-order valence-corrected chi connectivity index (χ4v) is 2.83. The number of phenolic OH excluding ortho intramolecular Hbond substituents is 1. The topological polar surface area (TPSA) is 32.3 Å². The molecule has 23 heavy (non-hydrogen) atoms. The summed E-state index contributed by atoms with van der Waals surface area (Å²) in [4.78, 5) is 0. The zero-order valence-electron chi connectivity index (χ0n) is 13.2. The molecule has 0 aliphatic carbocycles. The molecule has 0 unspecified atom stereocenters. The maximum absolute atomic E-state index is 10.3. The van der Waals surface area contributed by atoms with Crippen molar-refractivity contribution in [3.63, 3.8) is 0 Å². The number of benzene rings is 3. The van der Waals surface area contributed by atoms with Crippen LogP contribution in [0.5, 0.6) is 5.75 Å². The second kappa shape index (κ2) is 7.12. The Hall–Kier alpha value is -2.58. The Morgan fingerprint density at radius 1 is 0.696 bits per heavy atom. The maximum Gasteiger partial charge on any atom is 0.120 e. The molecule has 0 amide bonds. The van der Waals surface area contributed by atoms with Gasteiger partial charge in [-0.25, -0.2) is 0 Å². The van der Waals surface area contributed by atoms with Crippen molar-refractivity contribution in [1.29, 1.82) is 0 Å². The molecule has 0 bridgehead atoms. The van der Waals surface area contributed by atoms with Crippen LogP contribution in [0.4, 0.5) is 0 Å². The van der Waals surface area contributed by atoms with Crippen molar-refractivity contribution in [2.24, 2.45) is 0 Å². The van der Waals surface area contributed by atoms with E-state index in [1.54, 1.807) is 6.07 Å². The Morgan fingerprint density at radius 2 is 1.22 bits per heavy atom. The van der Waals surface area contributed by atoms with Gasteiger partial charge >= 0.3 is 0 Å². The first-order valence-corrected chi connectivity index (χ1v) is 7.89. The smallest absolute Gasteiger partial charge is 0.120 e. The van der Waals surface area contributed by atoms with E-state index in [0.717, 1.165) is 11.1 Å². The predicted octanol–water partition coefficient (Wildman–Crippen LogP) is 4.83. The van der Waals surface area contributed by atoms with E-state index in [0.29, 0.717) is 5.75 Å². The number of para-hydroxylation sites is 1. The van der Waals surface area contributed by atoms with E-state index in [1.165, 1.54) is 5.56 Å². The summed E-state index contributed by atoms with van der Waals surface area (Å²) in [6.45, 7) is 2.14. The van der Waals surface area contributed by atoms with Gasteiger partial charge in [0.1, 0.15) is 5.75 Å². The van der Waals surface area contributed by atoms with E-state index in [4.69, 9.17) is 0 Å². The van der Waals surface area contributed by atoms with Crippen LogP contribution in [0.2, 0.25) is 0 Å². The second-order valence-corrected chi connectivity index (χ2v) is 5.70. The van der Waals surface area contributed by atoms with E-state index in [1.807, 2.05) is 54.6 Å². The van der Waals surface area contributed by atoms with Crippen molar-refractivity contribution >= 4 is 0 Å². The van der Waals surface area contributed by atoms with Crippen LogP contribution >= 0.6 is 0 Å². The molecule has 0 aliphatic rings. The lowest BCUT2D eigenvalue weighted by Crippen LogP contribution is -2.25. The maximum atomic E-state index is 10.3. The molecule has 2 nitrogen and oxygen atoms in total. The highest BCUT2D eigenvalue weighted by Gasteiger charge is 2.19. The summed E-state index contributed by atoms with van der Waals surface area (Å²) in [5.41, 5.74) is 3.25. The summed E-state index contributed by atoms with van der Waals surface area (Å²) < 4.78 is 0. The second-order valence-electron chi connectivity index (χ2n) is 5.70. The Bertz CT molecular complexity index is 740. The number of nitrogens with one attached hydrogen (secondary N) is 1. The summed E-state index contributed by atoms with van der Waals surface area (Å²) in [6.07, 6.45) is 0. The molecule has 0 saturated carbocycles. The molecular weight excluding hydrogens is 282 g/mol. The van der Waals surface area contributed by atoms with Crippen LogP contribution in [0.3, 0.4) is 0 Å². The van der Waals surface area contributed by atoms with Crippen molar-refractivity contribution in [2.75, 3.05) is 0 Å². The molecule has 0 heterocycles. The molecule has 3 aromatic carbocycles. The molecular formula is C21H21NO. The number of rotatable bonds is 5. The minimum absolute atomic E-state index is 0.0624. The molecule has 0 fully saturated rings. The Kier molecular flexibility index (Phi) is 4.74. The van der Waals surface area contributed by atoms with Crippen molar-refractivity contribution in [3.05, 3.63) is 102 Å². The normalized spacial score (nSPS) is 13.4. The van der Waals surface area contributed by atoms with Crippen molar-refractivity contribution < 1.29 is 5.11 Å². The number of phenols is 1. The van der Waals surface area contributed by atoms with E-state index in [-0.39, 0.29) is 12.1 Å². The van der Waals surface area contributed by atoms with Crippen molar-refractivity contribution in [2.45, 2.75) is 19.0 Å². The summed E-state index contributed by atoms with van der Waals surface area (Å²) in [7, 11) is 0. The van der Waals surface area contributed by atoms with Gasteiger partial charge in [0, 0.05) is 11.6 Å². The minimum atomic E-state index is -0.0624. The quantitative estimate of drug-likeness (QED) is 0.707. The van der Waals surface area contributed by atoms with Crippen LogP contribution in [-0.2, 0) is 0 Å². The highest BCUT2D eigenvalue weighted by molar-refractivity contribution is 5.41. The third-order valence-corrected chi connectivity index (χ3v) is 4.10. The van der Waals surface area contributed by atoms with Crippen molar-refractivity contribution in [3.8, 4) is 5.75 Å². The molecule has 0 spiro atoms. The van der Waals surface area contributed by atoms with Gasteiger partial charge in [-0.3, -0.25) is 5.32 Å². The highest BCUT2D eigenvalue weighted by atomic mass is 16.3. The minimum Gasteiger partial charge on any atom is -0.508 e. The first kappa shape index (κ1) is 15.3. The number of hydrogen-bond acceptors (Lipinski definition) is 2. The fraction of sp³-hybridized carbons (Fsp3) is 0.143. The zero-order valence-corrected chi connectivity index (χ0v) is 13.2. The molecule has 2 heteroatoms. The Morgan fingerprint density at radius 3 is 1.83 bits per heavy atom. The lowest BCUT2D eigenvalue weighted by Gasteiger charge is -2.25. The van der Waals surface area contributed by atoms with Crippen LogP contribution in [0.15, 0.2) is 84.9 Å². The number of hydrogen-bond donors (Lipinski definition) is 2. The van der Waals surface area contributed by atoms with Crippen LogP contribution in [-0.4, -0.2) is 5.11 Å². The van der Waals surface area contributed by atoms with Gasteiger partial charge in [0.05, 0.1) is 6.04 Å². The average molecular weight is 303 g/mol. The molecule has 3 rings (SSSR count). The first-order valence-electron chi connectivity index (χ1n) is 7.89. The van der Waals surface area contributed by atoms with Crippen molar-refractivity contribution in [1.82, 2.24) is 5.32 Å². The summed E-state index contributed by atoms with van der Waals surface area (Å²) >= 11 is 0. The average Bonchev–Trinajstić information content (AvgIpc) is 2.62. The molecule has 0 radical (unpaired) electrons. The van der Waals surface area contributed by atoms with Gasteiger partial charge in [0.15, 0.2) is 0 Å². The Labute approximate surface area is 137 Å². The highest BCUT2D eigenvalue weighted by Crippen LogP contribution is 2.31. The van der Waals surface area contributed by atoms with E-state index in [2.05, 4.69) is 36.5 Å². The molecule has 2 N–H and O–H groups in total. The lowest BCUT2D eigenvalue weighted by molar-refractivity contribution is 0.446. The lowest BCUT2D eigenvalue weighted by atomic mass is 9.96. The van der Waals surface area contributed by atoms with Crippen LogP contribution < -0.4 is 5.32 Å². The SMILES string of the molecule is C[C@H](N[C@H](c1ccccc1)c1ccccc1O)c1ccccc1. The number of aromatic hydroxyl groups is 1. The zero-order chi connectivity index (χ0) is 16.1. The van der Waals surface area contributed by atoms with E-state index < -0.39 is 0 Å². The van der Waals surface area contributed by atoms with Gasteiger partial charge < -0.3 is 5.11 Å². The summed E-state index contributed by atoms with van der Waals surface area (Å²) in [5.74, 6) is 0.314. The first-order chi connectivity index (χ1) is 11.3. The van der Waals surface area contributed by atoms with Gasteiger partial charge in [0.2, 0.25) is 0 Å². The van der Waals surface area contributed by atoms with E-state index >= 15 is 0 Å². The third kappa shape index (κ3) is 3.61. The molecule has 0 saturated heterocycles. The summed E-state index contributed by atoms with van der Waals surface area (Å²) in [6, 6.07) is 28.2. The van der Waals surface area contributed by atoms with Gasteiger partial charge in [-0.15, -0.1) is 0 Å². The molecule has 3 aromatic rings. The fourth-order valence-electron chi connectivity index (χ4n) is 2.83. The van der Waals surface area contributed by atoms with Crippen LogP contribution in [0.25, 0.3) is 0 Å². The van der Waals surface area contributed by atoms with Crippen LogP contribution in [0.1, 0.15) is 35.7 Å². The third-order valence-electron chi connectivity index (χ3n) is 4.10. The van der Waals surface area contributed by atoms with Gasteiger partial charge in [-0.2, -0.15) is 0 Å². The molecule has 2 atom stereocenters. The van der Waals surface area contributed by atoms with Gasteiger partial charge in [0.25, 0.3) is 0 Å². The van der Waals surface area contributed by atoms with E-state index in [9.17, 15) is 5.11 Å². The molecule has 0 aromatic heterocycles. The standard InChI is InChI=1S/C21H21NO/c1-16(17-10-4-2-5-11-17)22-21(18-12-6-3-7-13-18)19-14-8-9-15-20(19)23/h2-16,21-23H,1H3/t16-,21+/m0/s1. The van der Waals surface area contributed by atoms with Gasteiger partial charge in [-0.1, -0.05) is 78.9 Å². The van der Waals surface area contributed by atoms with Gasteiger partial charge in [-0.05, 0) is 24.1 Å². The van der Waals surface area contributed by atoms with Crippen LogP contribution in [0, 0.1) is 0 Å². The molecule has 0 aliphatic heterocycles. The predicted molar refractivity (Wildman–Crippen MR) is 94.4 cm³/mol. The molecule has 116 valence electrons. The largest absolute Gasteiger partial charge is 0.508 e. The summed E-state index contributed by atoms with van der Waals surface area (Å²) in [5, 5.41) is 13.9.